The van der Waals surface area contributed by atoms with Gasteiger partial charge in [0.25, 0.3) is 0 Å². The quantitative estimate of drug-likeness (QED) is 0.628. The predicted molar refractivity (Wildman–Crippen MR) is 106 cm³/mol. The molecule has 0 radical (unpaired) electrons. The van der Waals surface area contributed by atoms with Crippen molar-refractivity contribution in [1.82, 2.24) is 14.8 Å². The monoisotopic (exact) mass is 386 g/mol. The van der Waals surface area contributed by atoms with Crippen LogP contribution in [0.3, 0.4) is 0 Å². The number of ether oxygens (including phenoxy) is 1. The first-order chi connectivity index (χ1) is 12.9. The Bertz CT molecular complexity index is 990. The predicted octanol–water partition coefficient (Wildman–Crippen LogP) is 3.54. The van der Waals surface area contributed by atoms with Crippen LogP contribution in [0.4, 0.5) is 5.82 Å². The smallest absolute Gasteiger partial charge is 0.247 e. The molecule has 0 atom stereocenters. The number of nitrogens with one attached hydrogen (secondary N) is 1. The molecule has 3 rings (SSSR count). The van der Waals surface area contributed by atoms with Crippen LogP contribution in [0.15, 0.2) is 23.6 Å². The summed E-state index contributed by atoms with van der Waals surface area (Å²) in [6, 6.07) is 5.37. The molecule has 2 heterocycles. The summed E-state index contributed by atoms with van der Waals surface area (Å²) in [6.07, 6.45) is 0.824. The van der Waals surface area contributed by atoms with E-state index in [1.54, 1.807) is 25.3 Å². The van der Waals surface area contributed by atoms with E-state index in [2.05, 4.69) is 15.4 Å². The Morgan fingerprint density at radius 2 is 2.11 bits per heavy atom. The fourth-order valence-corrected chi connectivity index (χ4v) is 3.38. The highest BCUT2D eigenvalue weighted by molar-refractivity contribution is 7.10. The number of hydrogen-bond donors (Lipinski definition) is 1. The van der Waals surface area contributed by atoms with Crippen LogP contribution >= 0.6 is 11.3 Å². The summed E-state index contributed by atoms with van der Waals surface area (Å²) >= 11 is 1.51. The van der Waals surface area contributed by atoms with Gasteiger partial charge in [0.15, 0.2) is 5.78 Å². The van der Waals surface area contributed by atoms with Gasteiger partial charge < -0.3 is 10.1 Å². The number of fused-ring (bicyclic) bond motifs is 1. The van der Waals surface area contributed by atoms with Gasteiger partial charge >= 0.3 is 0 Å². The van der Waals surface area contributed by atoms with Crippen LogP contribution in [0.1, 0.15) is 36.3 Å². The zero-order valence-corrected chi connectivity index (χ0v) is 16.6. The Labute approximate surface area is 161 Å². The van der Waals surface area contributed by atoms with Gasteiger partial charge in [0.05, 0.1) is 17.6 Å². The molecule has 3 aromatic rings. The highest BCUT2D eigenvalue weighted by Gasteiger charge is 2.21. The van der Waals surface area contributed by atoms with E-state index in [9.17, 15) is 9.59 Å². The lowest BCUT2D eigenvalue weighted by Crippen LogP contribution is -2.20. The lowest BCUT2D eigenvalue weighted by atomic mass is 10.0. The maximum atomic E-state index is 12.5. The maximum absolute atomic E-state index is 12.5. The Hall–Kier alpha value is -2.74. The van der Waals surface area contributed by atoms with Crippen LogP contribution in [0.25, 0.3) is 10.9 Å². The number of Topliss-reactive ketones (excluding diaryl/α,β-unsaturated/α-hetero) is 1. The van der Waals surface area contributed by atoms with Gasteiger partial charge in [0.1, 0.15) is 23.8 Å². The van der Waals surface area contributed by atoms with Crippen LogP contribution in [0, 0.1) is 5.92 Å². The molecule has 0 aliphatic rings. The molecule has 1 aromatic carbocycles. The number of carbonyl (C=O) groups excluding carboxylic acids is 2. The minimum atomic E-state index is -0.251. The molecule has 0 fully saturated rings. The number of nitrogens with zero attached hydrogens (tertiary/aromatic N) is 3. The van der Waals surface area contributed by atoms with E-state index >= 15 is 0 Å². The summed E-state index contributed by atoms with van der Waals surface area (Å²) in [5.74, 6) is 0.680. The second-order valence-electron chi connectivity index (χ2n) is 6.44. The number of aryl methyl sites for hydroxylation is 1. The third-order valence-corrected chi connectivity index (χ3v) is 5.12. The SMILES string of the molecule is CCc1nc(NC(=O)Cn2nc(C(=O)C(C)C)c3ccc(OC)cc32)cs1. The topological polar surface area (TPSA) is 86.1 Å². The van der Waals surface area contributed by atoms with E-state index in [-0.39, 0.29) is 24.2 Å². The van der Waals surface area contributed by atoms with Gasteiger partial charge in [0, 0.05) is 22.8 Å². The van der Waals surface area contributed by atoms with E-state index < -0.39 is 0 Å². The molecule has 0 aliphatic carbocycles. The molecule has 0 bridgehead atoms. The Balaban J connectivity index is 1.92. The molecule has 0 aliphatic heterocycles. The first-order valence-corrected chi connectivity index (χ1v) is 9.64. The summed E-state index contributed by atoms with van der Waals surface area (Å²) in [4.78, 5) is 29.3. The molecule has 0 saturated carbocycles. The number of methoxy groups -OCH3 is 1. The second-order valence-corrected chi connectivity index (χ2v) is 7.38. The van der Waals surface area contributed by atoms with Crippen molar-refractivity contribution in [3.8, 4) is 5.75 Å². The third-order valence-electron chi connectivity index (χ3n) is 4.13. The number of benzene rings is 1. The van der Waals surface area contributed by atoms with Crippen LogP contribution in [-0.4, -0.2) is 33.6 Å². The average Bonchev–Trinajstić information content (AvgIpc) is 3.25. The summed E-state index contributed by atoms with van der Waals surface area (Å²) in [5.41, 5.74) is 1.05. The normalized spacial score (nSPS) is 11.1. The molecule has 0 saturated heterocycles. The average molecular weight is 386 g/mol. The first-order valence-electron chi connectivity index (χ1n) is 8.76. The zero-order valence-electron chi connectivity index (χ0n) is 15.8. The van der Waals surface area contributed by atoms with Crippen molar-refractivity contribution in [2.24, 2.45) is 5.92 Å². The van der Waals surface area contributed by atoms with Crippen LogP contribution in [0.2, 0.25) is 0 Å². The van der Waals surface area contributed by atoms with Crippen molar-refractivity contribution in [1.29, 1.82) is 0 Å². The highest BCUT2D eigenvalue weighted by atomic mass is 32.1. The fourth-order valence-electron chi connectivity index (χ4n) is 2.71. The number of hydrogen-bond acceptors (Lipinski definition) is 6. The van der Waals surface area contributed by atoms with Crippen LogP contribution in [0.5, 0.6) is 5.75 Å². The number of aromatic nitrogens is 3. The highest BCUT2D eigenvalue weighted by Crippen LogP contribution is 2.25. The summed E-state index contributed by atoms with van der Waals surface area (Å²) in [5, 5.41) is 10.7. The van der Waals surface area contributed by atoms with E-state index in [1.807, 2.05) is 26.2 Å². The molecule has 1 N–H and O–H groups in total. The summed E-state index contributed by atoms with van der Waals surface area (Å²) in [6.45, 7) is 5.66. The number of ketones is 1. The van der Waals surface area contributed by atoms with Gasteiger partial charge in [-0.2, -0.15) is 5.10 Å². The van der Waals surface area contributed by atoms with Crippen molar-refractivity contribution >= 4 is 39.7 Å². The van der Waals surface area contributed by atoms with Crippen molar-refractivity contribution in [2.75, 3.05) is 12.4 Å². The Kier molecular flexibility index (Phi) is 5.55. The number of rotatable bonds is 7. The first kappa shape index (κ1) is 19.0. The lowest BCUT2D eigenvalue weighted by Gasteiger charge is -2.05. The number of anilines is 1. The third kappa shape index (κ3) is 4.00. The van der Waals surface area contributed by atoms with Crippen molar-refractivity contribution in [2.45, 2.75) is 33.7 Å². The lowest BCUT2D eigenvalue weighted by molar-refractivity contribution is -0.116. The van der Waals surface area contributed by atoms with Crippen LogP contribution < -0.4 is 10.1 Å². The Morgan fingerprint density at radius 3 is 2.74 bits per heavy atom. The molecule has 2 aromatic heterocycles. The summed E-state index contributed by atoms with van der Waals surface area (Å²) in [7, 11) is 1.57. The van der Waals surface area contributed by atoms with E-state index in [0.29, 0.717) is 28.2 Å². The molecular formula is C19H22N4O3S. The van der Waals surface area contributed by atoms with Gasteiger partial charge in [-0.05, 0) is 18.6 Å². The largest absolute Gasteiger partial charge is 0.497 e. The Morgan fingerprint density at radius 1 is 1.33 bits per heavy atom. The van der Waals surface area contributed by atoms with Crippen molar-refractivity contribution in [3.05, 3.63) is 34.3 Å². The van der Waals surface area contributed by atoms with Gasteiger partial charge in [-0.3, -0.25) is 14.3 Å². The van der Waals surface area contributed by atoms with Gasteiger partial charge in [-0.25, -0.2) is 4.98 Å². The van der Waals surface area contributed by atoms with E-state index in [0.717, 1.165) is 11.4 Å². The van der Waals surface area contributed by atoms with E-state index in [1.165, 1.54) is 16.0 Å². The number of amides is 1. The number of thiazole rings is 1. The minimum Gasteiger partial charge on any atom is -0.497 e. The summed E-state index contributed by atoms with van der Waals surface area (Å²) < 4.78 is 6.81. The van der Waals surface area contributed by atoms with Gasteiger partial charge in [-0.15, -0.1) is 11.3 Å². The van der Waals surface area contributed by atoms with Gasteiger partial charge in [0.2, 0.25) is 5.91 Å². The molecule has 1 amide bonds. The molecule has 142 valence electrons. The molecule has 8 heteroatoms. The van der Waals surface area contributed by atoms with E-state index in [4.69, 9.17) is 4.74 Å². The molecule has 27 heavy (non-hydrogen) atoms. The molecule has 0 unspecified atom stereocenters. The fraction of sp³-hybridized carbons (Fsp3) is 0.368. The second kappa shape index (κ2) is 7.87. The van der Waals surface area contributed by atoms with Crippen LogP contribution in [-0.2, 0) is 17.8 Å². The standard InChI is InChI=1S/C19H22N4O3S/c1-5-17-21-15(10-27-17)20-16(24)9-23-14-8-12(26-4)6-7-13(14)18(22-23)19(25)11(2)3/h6-8,10-11H,5,9H2,1-4H3,(H,20,24). The zero-order chi connectivity index (χ0) is 19.6. The minimum absolute atomic E-state index is 0.0198. The maximum Gasteiger partial charge on any atom is 0.247 e. The number of carbonyl (C=O) groups is 2. The van der Waals surface area contributed by atoms with Crippen molar-refractivity contribution < 1.29 is 14.3 Å². The van der Waals surface area contributed by atoms with Gasteiger partial charge in [-0.1, -0.05) is 20.8 Å². The molecule has 7 nitrogen and oxygen atoms in total. The molecular weight excluding hydrogens is 364 g/mol. The van der Waals surface area contributed by atoms with Crippen molar-refractivity contribution in [3.63, 3.8) is 0 Å². The molecule has 0 spiro atoms.